The Hall–Kier alpha value is -1.36. The van der Waals surface area contributed by atoms with Crippen LogP contribution in [0.1, 0.15) is 32.6 Å². The molecule has 0 aliphatic heterocycles. The molecule has 1 aromatic heterocycles. The van der Waals surface area contributed by atoms with Crippen LogP contribution in [0.15, 0.2) is 12.3 Å². The van der Waals surface area contributed by atoms with Crippen molar-refractivity contribution < 1.29 is 9.84 Å². The lowest BCUT2D eigenvalue weighted by Gasteiger charge is -2.30. The van der Waals surface area contributed by atoms with Gasteiger partial charge in [-0.3, -0.25) is 0 Å². The molecule has 5 heteroatoms. The van der Waals surface area contributed by atoms with Gasteiger partial charge < -0.3 is 15.2 Å². The van der Waals surface area contributed by atoms with Gasteiger partial charge in [-0.15, -0.1) is 0 Å². The minimum Gasteiger partial charge on any atom is -0.478 e. The van der Waals surface area contributed by atoms with Crippen LogP contribution in [0, 0.1) is 5.92 Å². The number of aromatic nitrogens is 2. The lowest BCUT2D eigenvalue weighted by Crippen LogP contribution is -2.34. The summed E-state index contributed by atoms with van der Waals surface area (Å²) in [5.41, 5.74) is 0. The molecule has 1 saturated carbocycles. The molecule has 0 amide bonds. The van der Waals surface area contributed by atoms with Gasteiger partial charge in [-0.05, 0) is 19.8 Å². The maximum atomic E-state index is 9.37. The monoisotopic (exact) mass is 251 g/mol. The summed E-state index contributed by atoms with van der Waals surface area (Å²) in [5.74, 6) is 1.48. The number of hydrogen-bond donors (Lipinski definition) is 2. The molecule has 1 aliphatic carbocycles. The van der Waals surface area contributed by atoms with E-state index in [0.29, 0.717) is 24.4 Å². The number of anilines is 1. The van der Waals surface area contributed by atoms with E-state index in [1.165, 1.54) is 12.8 Å². The summed E-state index contributed by atoms with van der Waals surface area (Å²) in [5, 5.41) is 12.7. The van der Waals surface area contributed by atoms with E-state index < -0.39 is 0 Å². The summed E-state index contributed by atoms with van der Waals surface area (Å²) < 4.78 is 5.35. The summed E-state index contributed by atoms with van der Waals surface area (Å²) in [7, 11) is 0. The zero-order valence-electron chi connectivity index (χ0n) is 10.8. The number of nitrogens with zero attached hydrogens (tertiary/aromatic N) is 2. The van der Waals surface area contributed by atoms with Crippen LogP contribution in [0.4, 0.5) is 5.95 Å². The molecule has 0 radical (unpaired) electrons. The highest BCUT2D eigenvalue weighted by Crippen LogP contribution is 2.26. The Balaban J connectivity index is 2.00. The zero-order chi connectivity index (χ0) is 12.8. The molecule has 2 rings (SSSR count). The first-order chi connectivity index (χ1) is 8.83. The summed E-state index contributed by atoms with van der Waals surface area (Å²) in [6.45, 7) is 2.75. The van der Waals surface area contributed by atoms with E-state index in [2.05, 4.69) is 15.3 Å². The highest BCUT2D eigenvalue weighted by atomic mass is 16.5. The summed E-state index contributed by atoms with van der Waals surface area (Å²) in [4.78, 5) is 8.50. The number of hydrogen-bond acceptors (Lipinski definition) is 5. The van der Waals surface area contributed by atoms with Gasteiger partial charge in [0.15, 0.2) is 0 Å². The lowest BCUT2D eigenvalue weighted by molar-refractivity contribution is 0.178. The average molecular weight is 251 g/mol. The van der Waals surface area contributed by atoms with Gasteiger partial charge in [-0.2, -0.15) is 4.98 Å². The fourth-order valence-corrected chi connectivity index (χ4v) is 2.42. The van der Waals surface area contributed by atoms with Crippen LogP contribution in [0.3, 0.4) is 0 Å². The molecular weight excluding hydrogens is 230 g/mol. The molecule has 100 valence electrons. The molecule has 0 bridgehead atoms. The SMILES string of the molecule is CCOc1ccnc(NC2CCCCC2CO)n1. The molecule has 0 spiro atoms. The standard InChI is InChI=1S/C13H21N3O2/c1-2-18-12-7-8-14-13(16-12)15-11-6-4-3-5-10(11)9-17/h7-8,10-11,17H,2-6,9H2,1H3,(H,14,15,16). The van der Waals surface area contributed by atoms with Crippen LogP contribution in [0.25, 0.3) is 0 Å². The molecule has 2 N–H and O–H groups in total. The van der Waals surface area contributed by atoms with Crippen molar-refractivity contribution in [3.63, 3.8) is 0 Å². The third kappa shape index (κ3) is 3.32. The van der Waals surface area contributed by atoms with E-state index in [-0.39, 0.29) is 12.6 Å². The first-order valence-electron chi connectivity index (χ1n) is 6.66. The van der Waals surface area contributed by atoms with Crippen LogP contribution in [0.2, 0.25) is 0 Å². The molecule has 2 atom stereocenters. The van der Waals surface area contributed by atoms with Gasteiger partial charge >= 0.3 is 0 Å². The van der Waals surface area contributed by atoms with Gasteiger partial charge in [-0.1, -0.05) is 12.8 Å². The van der Waals surface area contributed by atoms with Crippen LogP contribution in [0.5, 0.6) is 5.88 Å². The number of nitrogens with one attached hydrogen (secondary N) is 1. The van der Waals surface area contributed by atoms with Gasteiger partial charge in [0.1, 0.15) is 0 Å². The Morgan fingerprint density at radius 3 is 3.06 bits per heavy atom. The third-order valence-electron chi connectivity index (χ3n) is 3.38. The van der Waals surface area contributed by atoms with Crippen LogP contribution >= 0.6 is 0 Å². The van der Waals surface area contributed by atoms with Gasteiger partial charge in [0.05, 0.1) is 6.61 Å². The van der Waals surface area contributed by atoms with Crippen molar-refractivity contribution in [3.8, 4) is 5.88 Å². The smallest absolute Gasteiger partial charge is 0.226 e. The molecule has 0 saturated heterocycles. The van der Waals surface area contributed by atoms with E-state index in [1.807, 2.05) is 6.92 Å². The van der Waals surface area contributed by atoms with Crippen molar-refractivity contribution in [2.24, 2.45) is 5.92 Å². The second-order valence-electron chi connectivity index (χ2n) is 4.63. The van der Waals surface area contributed by atoms with Crippen LogP contribution < -0.4 is 10.1 Å². The van der Waals surface area contributed by atoms with Crippen molar-refractivity contribution >= 4 is 5.95 Å². The van der Waals surface area contributed by atoms with Gasteiger partial charge in [-0.25, -0.2) is 4.98 Å². The highest BCUT2D eigenvalue weighted by Gasteiger charge is 2.24. The normalized spacial score (nSPS) is 23.7. The third-order valence-corrected chi connectivity index (χ3v) is 3.38. The van der Waals surface area contributed by atoms with E-state index >= 15 is 0 Å². The van der Waals surface area contributed by atoms with E-state index in [1.54, 1.807) is 12.3 Å². The maximum Gasteiger partial charge on any atom is 0.226 e. The fourth-order valence-electron chi connectivity index (χ4n) is 2.42. The second-order valence-corrected chi connectivity index (χ2v) is 4.63. The van der Waals surface area contributed by atoms with Crippen molar-refractivity contribution in [1.29, 1.82) is 0 Å². The first-order valence-corrected chi connectivity index (χ1v) is 6.66. The number of rotatable bonds is 5. The molecule has 0 aromatic carbocycles. The molecule has 1 heterocycles. The molecule has 1 fully saturated rings. The van der Waals surface area contributed by atoms with Crippen molar-refractivity contribution in [1.82, 2.24) is 9.97 Å². The van der Waals surface area contributed by atoms with E-state index in [9.17, 15) is 5.11 Å². The summed E-state index contributed by atoms with van der Waals surface area (Å²) >= 11 is 0. The quantitative estimate of drug-likeness (QED) is 0.835. The fraction of sp³-hybridized carbons (Fsp3) is 0.692. The Labute approximate surface area is 108 Å². The highest BCUT2D eigenvalue weighted by molar-refractivity contribution is 5.29. The van der Waals surface area contributed by atoms with Crippen molar-refractivity contribution in [2.45, 2.75) is 38.6 Å². The van der Waals surface area contributed by atoms with Crippen molar-refractivity contribution in [2.75, 3.05) is 18.5 Å². The number of aliphatic hydroxyl groups is 1. The topological polar surface area (TPSA) is 67.3 Å². The van der Waals surface area contributed by atoms with Gasteiger partial charge in [0.25, 0.3) is 0 Å². The van der Waals surface area contributed by atoms with Crippen molar-refractivity contribution in [3.05, 3.63) is 12.3 Å². The molecular formula is C13H21N3O2. The first kappa shape index (κ1) is 13.1. The maximum absolute atomic E-state index is 9.37. The van der Waals surface area contributed by atoms with E-state index in [4.69, 9.17) is 4.74 Å². The second kappa shape index (κ2) is 6.54. The Kier molecular flexibility index (Phi) is 4.75. The number of ether oxygens (including phenoxy) is 1. The van der Waals surface area contributed by atoms with E-state index in [0.717, 1.165) is 12.8 Å². The van der Waals surface area contributed by atoms with Crippen LogP contribution in [-0.4, -0.2) is 34.3 Å². The minimum absolute atomic E-state index is 0.225. The largest absolute Gasteiger partial charge is 0.478 e. The van der Waals surface area contributed by atoms with Gasteiger partial charge in [0, 0.05) is 30.8 Å². The molecule has 5 nitrogen and oxygen atoms in total. The number of aliphatic hydroxyl groups excluding tert-OH is 1. The predicted molar refractivity (Wildman–Crippen MR) is 69.7 cm³/mol. The summed E-state index contributed by atoms with van der Waals surface area (Å²) in [6.07, 6.45) is 6.21. The molecule has 1 aromatic rings. The Morgan fingerprint density at radius 1 is 1.44 bits per heavy atom. The zero-order valence-corrected chi connectivity index (χ0v) is 10.8. The Morgan fingerprint density at radius 2 is 2.28 bits per heavy atom. The molecule has 1 aliphatic rings. The van der Waals surface area contributed by atoms with Crippen LogP contribution in [-0.2, 0) is 0 Å². The molecule has 18 heavy (non-hydrogen) atoms. The lowest BCUT2D eigenvalue weighted by atomic mass is 9.85. The minimum atomic E-state index is 0.225. The average Bonchev–Trinajstić information content (AvgIpc) is 2.40. The van der Waals surface area contributed by atoms with Gasteiger partial charge in [0.2, 0.25) is 11.8 Å². The summed E-state index contributed by atoms with van der Waals surface area (Å²) in [6, 6.07) is 2.01. The predicted octanol–water partition coefficient (Wildman–Crippen LogP) is 1.84. The Bertz CT molecular complexity index is 373. The molecule has 2 unspecified atom stereocenters.